The zero-order chi connectivity index (χ0) is 17.1. The molecule has 0 unspecified atom stereocenters. The number of carboxylic acids is 1. The molecule has 124 valence electrons. The number of pyridine rings is 1. The highest BCUT2D eigenvalue weighted by molar-refractivity contribution is 5.96. The van der Waals surface area contributed by atoms with Crippen molar-refractivity contribution in [2.24, 2.45) is 0 Å². The van der Waals surface area contributed by atoms with Crippen molar-refractivity contribution in [3.8, 4) is 11.3 Å². The molecule has 1 aliphatic rings. The molecule has 1 amide bonds. The summed E-state index contributed by atoms with van der Waals surface area (Å²) in [7, 11) is 0. The SMILES string of the molecule is Cc1nc(-c2ccccc2)ccc1C(=O)N[C@@H]1CCO[C@@H]1C(=O)O. The van der Waals surface area contributed by atoms with E-state index in [0.717, 1.165) is 11.3 Å². The van der Waals surface area contributed by atoms with Crippen LogP contribution in [0.25, 0.3) is 11.3 Å². The number of hydrogen-bond donors (Lipinski definition) is 2. The summed E-state index contributed by atoms with van der Waals surface area (Å²) in [6.07, 6.45) is -0.511. The number of rotatable bonds is 4. The van der Waals surface area contributed by atoms with Crippen LogP contribution in [-0.2, 0) is 9.53 Å². The molecule has 0 radical (unpaired) electrons. The quantitative estimate of drug-likeness (QED) is 0.897. The zero-order valence-electron chi connectivity index (χ0n) is 13.2. The summed E-state index contributed by atoms with van der Waals surface area (Å²) in [5, 5.41) is 11.8. The lowest BCUT2D eigenvalue weighted by atomic mass is 10.1. The largest absolute Gasteiger partial charge is 0.479 e. The van der Waals surface area contributed by atoms with Gasteiger partial charge in [-0.05, 0) is 25.5 Å². The Morgan fingerprint density at radius 3 is 2.62 bits per heavy atom. The van der Waals surface area contributed by atoms with E-state index in [-0.39, 0.29) is 5.91 Å². The lowest BCUT2D eigenvalue weighted by Crippen LogP contribution is -2.44. The Hall–Kier alpha value is -2.73. The second kappa shape index (κ2) is 6.80. The average Bonchev–Trinajstić information content (AvgIpc) is 3.03. The van der Waals surface area contributed by atoms with Gasteiger partial charge in [0.15, 0.2) is 6.10 Å². The van der Waals surface area contributed by atoms with Crippen LogP contribution < -0.4 is 5.32 Å². The smallest absolute Gasteiger partial charge is 0.334 e. The fraction of sp³-hybridized carbons (Fsp3) is 0.278. The van der Waals surface area contributed by atoms with E-state index in [1.165, 1.54) is 0 Å². The predicted molar refractivity (Wildman–Crippen MR) is 87.7 cm³/mol. The maximum absolute atomic E-state index is 12.4. The first-order valence-electron chi connectivity index (χ1n) is 7.74. The van der Waals surface area contributed by atoms with Gasteiger partial charge in [0.2, 0.25) is 0 Å². The number of aromatic nitrogens is 1. The van der Waals surface area contributed by atoms with Crippen LogP contribution in [0.1, 0.15) is 22.5 Å². The Morgan fingerprint density at radius 1 is 1.21 bits per heavy atom. The molecule has 6 nitrogen and oxygen atoms in total. The Labute approximate surface area is 139 Å². The van der Waals surface area contributed by atoms with Crippen molar-refractivity contribution in [3.05, 3.63) is 53.7 Å². The van der Waals surface area contributed by atoms with Gasteiger partial charge in [-0.3, -0.25) is 9.78 Å². The van der Waals surface area contributed by atoms with Crippen molar-refractivity contribution >= 4 is 11.9 Å². The van der Waals surface area contributed by atoms with E-state index in [4.69, 9.17) is 9.84 Å². The summed E-state index contributed by atoms with van der Waals surface area (Å²) in [4.78, 5) is 28.0. The van der Waals surface area contributed by atoms with Gasteiger partial charge < -0.3 is 15.2 Å². The number of aliphatic carboxylic acids is 1. The fourth-order valence-corrected chi connectivity index (χ4v) is 2.80. The van der Waals surface area contributed by atoms with Gasteiger partial charge in [-0.25, -0.2) is 4.79 Å². The van der Waals surface area contributed by atoms with E-state index in [1.54, 1.807) is 19.1 Å². The fourth-order valence-electron chi connectivity index (χ4n) is 2.80. The molecular weight excluding hydrogens is 308 g/mol. The summed E-state index contributed by atoms with van der Waals surface area (Å²) in [5.41, 5.74) is 2.80. The van der Waals surface area contributed by atoms with Gasteiger partial charge in [-0.15, -0.1) is 0 Å². The molecule has 0 bridgehead atoms. The van der Waals surface area contributed by atoms with Gasteiger partial charge in [0.25, 0.3) is 5.91 Å². The van der Waals surface area contributed by atoms with Crippen molar-refractivity contribution in [2.45, 2.75) is 25.5 Å². The van der Waals surface area contributed by atoms with E-state index in [1.807, 2.05) is 30.3 Å². The molecule has 0 spiro atoms. The van der Waals surface area contributed by atoms with Crippen molar-refractivity contribution in [3.63, 3.8) is 0 Å². The third-order valence-corrected chi connectivity index (χ3v) is 4.05. The third kappa shape index (κ3) is 3.28. The molecule has 1 saturated heterocycles. The molecule has 2 atom stereocenters. The minimum Gasteiger partial charge on any atom is -0.479 e. The Bertz CT molecular complexity index is 761. The molecule has 1 fully saturated rings. The number of carboxylic acid groups (broad SMARTS) is 1. The molecule has 0 saturated carbocycles. The molecule has 0 aliphatic carbocycles. The van der Waals surface area contributed by atoms with E-state index in [2.05, 4.69) is 10.3 Å². The maximum Gasteiger partial charge on any atom is 0.334 e. The maximum atomic E-state index is 12.4. The average molecular weight is 326 g/mol. The number of benzene rings is 1. The van der Waals surface area contributed by atoms with E-state index >= 15 is 0 Å². The normalized spacial score (nSPS) is 19.9. The molecular formula is C18H18N2O4. The minimum absolute atomic E-state index is 0.325. The zero-order valence-corrected chi connectivity index (χ0v) is 13.2. The van der Waals surface area contributed by atoms with Gasteiger partial charge in [0.05, 0.1) is 23.0 Å². The van der Waals surface area contributed by atoms with Gasteiger partial charge >= 0.3 is 5.97 Å². The lowest BCUT2D eigenvalue weighted by molar-refractivity contribution is -0.148. The van der Waals surface area contributed by atoms with Crippen LogP contribution in [0.3, 0.4) is 0 Å². The molecule has 3 rings (SSSR count). The summed E-state index contributed by atoms with van der Waals surface area (Å²) in [6, 6.07) is 12.7. The number of nitrogens with one attached hydrogen (secondary N) is 1. The van der Waals surface area contributed by atoms with Gasteiger partial charge in [-0.1, -0.05) is 30.3 Å². The predicted octanol–water partition coefficient (Wildman–Crippen LogP) is 2.03. The number of aryl methyl sites for hydroxylation is 1. The highest BCUT2D eigenvalue weighted by Crippen LogP contribution is 2.19. The summed E-state index contributed by atoms with van der Waals surface area (Å²) >= 11 is 0. The number of carbonyl (C=O) groups excluding carboxylic acids is 1. The monoisotopic (exact) mass is 326 g/mol. The number of hydrogen-bond acceptors (Lipinski definition) is 4. The third-order valence-electron chi connectivity index (χ3n) is 4.05. The summed E-state index contributed by atoms with van der Waals surface area (Å²) in [6.45, 7) is 2.09. The Balaban J connectivity index is 1.77. The number of amides is 1. The summed E-state index contributed by atoms with van der Waals surface area (Å²) in [5.74, 6) is -1.39. The first-order valence-corrected chi connectivity index (χ1v) is 7.74. The van der Waals surface area contributed by atoms with Crippen LogP contribution in [0.5, 0.6) is 0 Å². The first kappa shape index (κ1) is 16.1. The second-order valence-corrected chi connectivity index (χ2v) is 5.69. The molecule has 1 aromatic carbocycles. The van der Waals surface area contributed by atoms with Crippen LogP contribution in [0.4, 0.5) is 0 Å². The van der Waals surface area contributed by atoms with Gasteiger partial charge in [-0.2, -0.15) is 0 Å². The molecule has 1 aliphatic heterocycles. The number of ether oxygens (including phenoxy) is 1. The number of carbonyl (C=O) groups is 2. The standard InChI is InChI=1S/C18H18N2O4/c1-11-13(7-8-14(19-11)12-5-3-2-4-6-12)17(21)20-15-9-10-24-16(15)18(22)23/h2-8,15-16H,9-10H2,1H3,(H,20,21)(H,22,23)/t15-,16+/m1/s1. The molecule has 2 heterocycles. The molecule has 1 aromatic heterocycles. The molecule has 24 heavy (non-hydrogen) atoms. The van der Waals surface area contributed by atoms with Crippen LogP contribution in [0.2, 0.25) is 0 Å². The van der Waals surface area contributed by atoms with E-state index < -0.39 is 18.1 Å². The van der Waals surface area contributed by atoms with Crippen molar-refractivity contribution in [1.29, 1.82) is 0 Å². The van der Waals surface area contributed by atoms with Gasteiger partial charge in [0.1, 0.15) is 0 Å². The van der Waals surface area contributed by atoms with Crippen molar-refractivity contribution < 1.29 is 19.4 Å². The molecule has 6 heteroatoms. The first-order chi connectivity index (χ1) is 11.6. The van der Waals surface area contributed by atoms with E-state index in [0.29, 0.717) is 24.3 Å². The highest BCUT2D eigenvalue weighted by atomic mass is 16.5. The van der Waals surface area contributed by atoms with E-state index in [9.17, 15) is 9.59 Å². The van der Waals surface area contributed by atoms with Crippen LogP contribution in [0.15, 0.2) is 42.5 Å². The van der Waals surface area contributed by atoms with Crippen LogP contribution in [0, 0.1) is 6.92 Å². The second-order valence-electron chi connectivity index (χ2n) is 5.69. The molecule has 2 N–H and O–H groups in total. The van der Waals surface area contributed by atoms with Crippen molar-refractivity contribution in [2.75, 3.05) is 6.61 Å². The topological polar surface area (TPSA) is 88.5 Å². The Morgan fingerprint density at radius 2 is 1.96 bits per heavy atom. The van der Waals surface area contributed by atoms with Crippen molar-refractivity contribution in [1.82, 2.24) is 10.3 Å². The molecule has 2 aromatic rings. The van der Waals surface area contributed by atoms with Gasteiger partial charge in [0, 0.05) is 12.2 Å². The number of nitrogens with zero attached hydrogens (tertiary/aromatic N) is 1. The van der Waals surface area contributed by atoms with Crippen LogP contribution >= 0.6 is 0 Å². The Kier molecular flexibility index (Phi) is 4.57. The van der Waals surface area contributed by atoms with Crippen LogP contribution in [-0.4, -0.2) is 40.7 Å². The highest BCUT2D eigenvalue weighted by Gasteiger charge is 2.35. The summed E-state index contributed by atoms with van der Waals surface area (Å²) < 4.78 is 5.14. The lowest BCUT2D eigenvalue weighted by Gasteiger charge is -2.17. The minimum atomic E-state index is -1.06.